The summed E-state index contributed by atoms with van der Waals surface area (Å²) >= 11 is 0. The molecule has 0 fully saturated rings. The first-order valence-electron chi connectivity index (χ1n) is 4.97. The maximum absolute atomic E-state index is 10.8. The number of carbonyl (C=O) groups excluding carboxylic acids is 1. The Morgan fingerprint density at radius 2 is 2.14 bits per heavy atom. The van der Waals surface area contributed by atoms with Gasteiger partial charge in [0.05, 0.1) is 6.61 Å². The summed E-state index contributed by atoms with van der Waals surface area (Å²) in [6.45, 7) is 4.04. The number of nitrogens with zero attached hydrogens (tertiary/aromatic N) is 1. The SMILES string of the molecule is CCCCCC(C#N)OC(=O)OCC. The number of ether oxygens (including phenoxy) is 2. The summed E-state index contributed by atoms with van der Waals surface area (Å²) in [5.41, 5.74) is 0. The van der Waals surface area contributed by atoms with Gasteiger partial charge in [0, 0.05) is 0 Å². The fourth-order valence-electron chi connectivity index (χ4n) is 0.998. The van der Waals surface area contributed by atoms with Crippen molar-refractivity contribution in [2.45, 2.75) is 45.6 Å². The Bertz CT molecular complexity index is 198. The summed E-state index contributed by atoms with van der Waals surface area (Å²) in [4.78, 5) is 10.8. The Hall–Kier alpha value is -1.24. The molecule has 1 unspecified atom stereocenters. The zero-order valence-electron chi connectivity index (χ0n) is 8.78. The lowest BCUT2D eigenvalue weighted by atomic mass is 10.1. The van der Waals surface area contributed by atoms with E-state index in [1.54, 1.807) is 6.92 Å². The van der Waals surface area contributed by atoms with Gasteiger partial charge in [0.2, 0.25) is 0 Å². The third-order valence-electron chi connectivity index (χ3n) is 1.71. The molecule has 0 saturated heterocycles. The van der Waals surface area contributed by atoms with Crippen LogP contribution in [0.2, 0.25) is 0 Å². The molecule has 0 spiro atoms. The molecule has 0 heterocycles. The average molecular weight is 199 g/mol. The summed E-state index contributed by atoms with van der Waals surface area (Å²) in [5.74, 6) is 0. The van der Waals surface area contributed by atoms with Gasteiger partial charge in [0.15, 0.2) is 6.10 Å². The zero-order valence-corrected chi connectivity index (χ0v) is 8.78. The highest BCUT2D eigenvalue weighted by molar-refractivity contribution is 5.60. The van der Waals surface area contributed by atoms with Crippen LogP contribution in [0, 0.1) is 11.3 Å². The van der Waals surface area contributed by atoms with Crippen LogP contribution in [0.1, 0.15) is 39.5 Å². The van der Waals surface area contributed by atoms with Gasteiger partial charge in [-0.3, -0.25) is 0 Å². The topological polar surface area (TPSA) is 59.3 Å². The summed E-state index contributed by atoms with van der Waals surface area (Å²) in [6, 6.07) is 1.93. The molecule has 0 radical (unpaired) electrons. The highest BCUT2D eigenvalue weighted by Crippen LogP contribution is 2.06. The van der Waals surface area contributed by atoms with Crippen molar-refractivity contribution in [3.05, 3.63) is 0 Å². The van der Waals surface area contributed by atoms with Crippen LogP contribution in [-0.4, -0.2) is 18.9 Å². The second-order valence-corrected chi connectivity index (χ2v) is 2.91. The standard InChI is InChI=1S/C10H17NO3/c1-3-5-6-7-9(8-11)14-10(12)13-4-2/h9H,3-7H2,1-2H3. The van der Waals surface area contributed by atoms with Gasteiger partial charge in [-0.05, 0) is 19.8 Å². The Balaban J connectivity index is 3.68. The number of unbranched alkanes of at least 4 members (excludes halogenated alkanes) is 2. The number of hydrogen-bond acceptors (Lipinski definition) is 4. The molecule has 4 nitrogen and oxygen atoms in total. The van der Waals surface area contributed by atoms with E-state index in [2.05, 4.69) is 11.7 Å². The van der Waals surface area contributed by atoms with E-state index in [0.29, 0.717) is 6.42 Å². The van der Waals surface area contributed by atoms with Crippen LogP contribution in [0.25, 0.3) is 0 Å². The number of rotatable bonds is 6. The molecular formula is C10H17NO3. The highest BCUT2D eigenvalue weighted by Gasteiger charge is 2.13. The van der Waals surface area contributed by atoms with Gasteiger partial charge in [0.1, 0.15) is 6.07 Å². The summed E-state index contributed by atoms with van der Waals surface area (Å²) < 4.78 is 9.33. The van der Waals surface area contributed by atoms with E-state index in [-0.39, 0.29) is 6.61 Å². The minimum absolute atomic E-state index is 0.270. The first-order chi connectivity index (χ1) is 6.74. The van der Waals surface area contributed by atoms with Crippen LogP contribution < -0.4 is 0 Å². The minimum atomic E-state index is -0.754. The van der Waals surface area contributed by atoms with E-state index in [4.69, 9.17) is 10.00 Å². The van der Waals surface area contributed by atoms with Gasteiger partial charge in [-0.25, -0.2) is 4.79 Å². The Morgan fingerprint density at radius 1 is 1.43 bits per heavy atom. The van der Waals surface area contributed by atoms with Crippen molar-refractivity contribution in [1.82, 2.24) is 0 Å². The Morgan fingerprint density at radius 3 is 2.64 bits per heavy atom. The second kappa shape index (κ2) is 8.36. The van der Waals surface area contributed by atoms with Crippen LogP contribution in [0.4, 0.5) is 4.79 Å². The van der Waals surface area contributed by atoms with E-state index in [1.807, 2.05) is 6.07 Å². The predicted octanol–water partition coefficient (Wildman–Crippen LogP) is 2.63. The van der Waals surface area contributed by atoms with E-state index in [9.17, 15) is 4.79 Å². The fraction of sp³-hybridized carbons (Fsp3) is 0.800. The van der Waals surface area contributed by atoms with Crippen LogP contribution in [-0.2, 0) is 9.47 Å². The maximum Gasteiger partial charge on any atom is 0.509 e. The third kappa shape index (κ3) is 6.30. The van der Waals surface area contributed by atoms with Crippen LogP contribution in [0.5, 0.6) is 0 Å². The molecule has 0 rings (SSSR count). The van der Waals surface area contributed by atoms with Crippen LogP contribution >= 0.6 is 0 Å². The normalized spacial score (nSPS) is 11.5. The van der Waals surface area contributed by atoms with E-state index < -0.39 is 12.3 Å². The lowest BCUT2D eigenvalue weighted by molar-refractivity contribution is 0.0397. The molecule has 1 atom stereocenters. The summed E-state index contributed by atoms with van der Waals surface area (Å²) in [6.07, 6.45) is 2.19. The van der Waals surface area contributed by atoms with E-state index in [1.165, 1.54) is 0 Å². The molecule has 4 heteroatoms. The number of hydrogen-bond donors (Lipinski definition) is 0. The van der Waals surface area contributed by atoms with Gasteiger partial charge in [-0.2, -0.15) is 5.26 Å². The molecule has 14 heavy (non-hydrogen) atoms. The first-order valence-corrected chi connectivity index (χ1v) is 4.97. The molecule has 0 aromatic rings. The highest BCUT2D eigenvalue weighted by atomic mass is 16.7. The molecule has 0 aliphatic carbocycles. The average Bonchev–Trinajstić information content (AvgIpc) is 2.17. The van der Waals surface area contributed by atoms with Gasteiger partial charge < -0.3 is 9.47 Å². The Kier molecular flexibility index (Phi) is 7.62. The Labute approximate surface area is 84.8 Å². The van der Waals surface area contributed by atoms with Gasteiger partial charge in [0.25, 0.3) is 0 Å². The summed E-state index contributed by atoms with van der Waals surface area (Å²) in [5, 5.41) is 8.66. The van der Waals surface area contributed by atoms with Crippen molar-refractivity contribution in [3.63, 3.8) is 0 Å². The molecule has 0 N–H and O–H groups in total. The lowest BCUT2D eigenvalue weighted by Crippen LogP contribution is -2.17. The molecule has 80 valence electrons. The maximum atomic E-state index is 10.8. The molecule has 0 saturated carbocycles. The van der Waals surface area contributed by atoms with E-state index in [0.717, 1.165) is 19.3 Å². The molecule has 0 aliphatic rings. The van der Waals surface area contributed by atoms with Crippen molar-refractivity contribution in [2.75, 3.05) is 6.61 Å². The molecule has 0 aromatic heterocycles. The van der Waals surface area contributed by atoms with Gasteiger partial charge in [-0.1, -0.05) is 19.8 Å². The summed E-state index contributed by atoms with van der Waals surface area (Å²) in [7, 11) is 0. The van der Waals surface area contributed by atoms with Gasteiger partial charge >= 0.3 is 6.16 Å². The van der Waals surface area contributed by atoms with Crippen LogP contribution in [0.15, 0.2) is 0 Å². The molecule has 0 bridgehead atoms. The van der Waals surface area contributed by atoms with Crippen LogP contribution in [0.3, 0.4) is 0 Å². The smallest absolute Gasteiger partial charge is 0.435 e. The molecular weight excluding hydrogens is 182 g/mol. The van der Waals surface area contributed by atoms with Gasteiger partial charge in [-0.15, -0.1) is 0 Å². The zero-order chi connectivity index (χ0) is 10.8. The van der Waals surface area contributed by atoms with E-state index >= 15 is 0 Å². The molecule has 0 aromatic carbocycles. The molecule has 0 aliphatic heterocycles. The largest absolute Gasteiger partial charge is 0.509 e. The monoisotopic (exact) mass is 199 g/mol. The quantitative estimate of drug-likeness (QED) is 0.487. The van der Waals surface area contributed by atoms with Crippen molar-refractivity contribution in [2.24, 2.45) is 0 Å². The first kappa shape index (κ1) is 12.8. The molecule has 0 amide bonds. The van der Waals surface area contributed by atoms with Crippen molar-refractivity contribution in [1.29, 1.82) is 5.26 Å². The number of carbonyl (C=O) groups is 1. The van der Waals surface area contributed by atoms with Crippen molar-refractivity contribution >= 4 is 6.16 Å². The second-order valence-electron chi connectivity index (χ2n) is 2.91. The van der Waals surface area contributed by atoms with Crippen molar-refractivity contribution in [3.8, 4) is 6.07 Å². The predicted molar refractivity (Wildman–Crippen MR) is 51.7 cm³/mol. The lowest BCUT2D eigenvalue weighted by Gasteiger charge is -2.09. The number of nitriles is 1. The third-order valence-corrected chi connectivity index (χ3v) is 1.71. The van der Waals surface area contributed by atoms with Crippen molar-refractivity contribution < 1.29 is 14.3 Å². The minimum Gasteiger partial charge on any atom is -0.435 e. The fourth-order valence-corrected chi connectivity index (χ4v) is 0.998.